The highest BCUT2D eigenvalue weighted by Crippen LogP contribution is 2.29. The number of pyridine rings is 3. The first-order valence-corrected chi connectivity index (χ1v) is 9.98. The van der Waals surface area contributed by atoms with Gasteiger partial charge in [0.05, 0.1) is 16.6 Å². The third-order valence-electron chi connectivity index (χ3n) is 5.27. The molecular weight excluding hydrogens is 404 g/mol. The molecule has 3 N–H and O–H groups in total. The largest absolute Gasteiger partial charge is 0.457 e. The molecule has 0 atom stereocenters. The van der Waals surface area contributed by atoms with Crippen LogP contribution in [0.2, 0.25) is 0 Å². The first kappa shape index (κ1) is 18.1. The molecule has 0 aliphatic carbocycles. The first-order chi connectivity index (χ1) is 15.7. The number of fused-ring (bicyclic) bond motifs is 2. The van der Waals surface area contributed by atoms with Gasteiger partial charge in [-0.3, -0.25) is 9.78 Å². The molecule has 0 saturated heterocycles. The summed E-state index contributed by atoms with van der Waals surface area (Å²) < 4.78 is 5.87. The van der Waals surface area contributed by atoms with Gasteiger partial charge in [0.1, 0.15) is 23.0 Å². The molecule has 8 heteroatoms. The first-order valence-electron chi connectivity index (χ1n) is 9.98. The maximum absolute atomic E-state index is 12.6. The lowest BCUT2D eigenvalue weighted by molar-refractivity contribution is 0.482. The summed E-state index contributed by atoms with van der Waals surface area (Å²) in [6.07, 6.45) is 8.64. The molecule has 0 bridgehead atoms. The number of rotatable bonds is 4. The van der Waals surface area contributed by atoms with E-state index in [2.05, 4.69) is 29.9 Å². The summed E-state index contributed by atoms with van der Waals surface area (Å²) in [5.41, 5.74) is 4.38. The Balaban J connectivity index is 1.41. The molecule has 0 unspecified atom stereocenters. The average Bonchev–Trinajstić information content (AvgIpc) is 3.47. The lowest BCUT2D eigenvalue weighted by atomic mass is 10.0. The van der Waals surface area contributed by atoms with E-state index in [9.17, 15) is 4.79 Å². The minimum absolute atomic E-state index is 0.222. The number of H-pyrrole nitrogens is 3. The summed E-state index contributed by atoms with van der Waals surface area (Å²) in [6, 6.07) is 14.9. The van der Waals surface area contributed by atoms with E-state index in [1.165, 1.54) is 0 Å². The molecule has 5 aromatic heterocycles. The zero-order valence-electron chi connectivity index (χ0n) is 16.7. The zero-order valence-corrected chi connectivity index (χ0v) is 16.7. The van der Waals surface area contributed by atoms with Crippen LogP contribution in [0.1, 0.15) is 0 Å². The Bertz CT molecular complexity index is 1630. The highest BCUT2D eigenvalue weighted by atomic mass is 16.5. The van der Waals surface area contributed by atoms with Crippen LogP contribution in [0.3, 0.4) is 0 Å². The lowest BCUT2D eigenvalue weighted by Gasteiger charge is -2.05. The van der Waals surface area contributed by atoms with E-state index in [0.29, 0.717) is 22.9 Å². The Morgan fingerprint density at radius 1 is 0.844 bits per heavy atom. The lowest BCUT2D eigenvalue weighted by Crippen LogP contribution is -2.09. The van der Waals surface area contributed by atoms with E-state index in [1.807, 2.05) is 42.6 Å². The van der Waals surface area contributed by atoms with Gasteiger partial charge >= 0.3 is 0 Å². The second kappa shape index (κ2) is 7.21. The van der Waals surface area contributed by atoms with Crippen LogP contribution in [-0.2, 0) is 0 Å². The number of hydrogen-bond acceptors (Lipinski definition) is 5. The topological polar surface area (TPSA) is 112 Å². The molecule has 0 aliphatic heterocycles. The number of benzene rings is 1. The molecule has 0 amide bonds. The van der Waals surface area contributed by atoms with Gasteiger partial charge in [0.15, 0.2) is 0 Å². The number of hydrogen-bond donors (Lipinski definition) is 3. The van der Waals surface area contributed by atoms with Gasteiger partial charge in [0.2, 0.25) is 0 Å². The van der Waals surface area contributed by atoms with E-state index in [4.69, 9.17) is 4.74 Å². The van der Waals surface area contributed by atoms with Crippen molar-refractivity contribution in [3.8, 4) is 34.0 Å². The molecule has 6 rings (SSSR count). The zero-order chi connectivity index (χ0) is 21.5. The van der Waals surface area contributed by atoms with Crippen LogP contribution in [-0.4, -0.2) is 29.9 Å². The monoisotopic (exact) mass is 420 g/mol. The van der Waals surface area contributed by atoms with Crippen LogP contribution in [0.25, 0.3) is 44.6 Å². The predicted octanol–water partition coefficient (Wildman–Crippen LogP) is 4.65. The Morgan fingerprint density at radius 2 is 1.75 bits per heavy atom. The molecule has 1 aromatic carbocycles. The average molecular weight is 420 g/mol. The molecule has 32 heavy (non-hydrogen) atoms. The van der Waals surface area contributed by atoms with Gasteiger partial charge in [0, 0.05) is 42.4 Å². The number of aromatic amines is 3. The number of aromatic nitrogens is 6. The molecule has 5 heterocycles. The molecular formula is C24H16N6O2. The van der Waals surface area contributed by atoms with Crippen LogP contribution in [0.5, 0.6) is 11.5 Å². The summed E-state index contributed by atoms with van der Waals surface area (Å²) in [7, 11) is 0. The van der Waals surface area contributed by atoms with Crippen LogP contribution >= 0.6 is 0 Å². The van der Waals surface area contributed by atoms with Crippen molar-refractivity contribution in [3.05, 3.63) is 89.9 Å². The third kappa shape index (κ3) is 3.10. The third-order valence-corrected chi connectivity index (χ3v) is 5.27. The Labute approximate surface area is 181 Å². The van der Waals surface area contributed by atoms with E-state index < -0.39 is 0 Å². The van der Waals surface area contributed by atoms with Gasteiger partial charge in [-0.15, -0.1) is 0 Å². The van der Waals surface area contributed by atoms with Gasteiger partial charge in [0.25, 0.3) is 5.56 Å². The van der Waals surface area contributed by atoms with Crippen molar-refractivity contribution < 1.29 is 4.74 Å². The van der Waals surface area contributed by atoms with Crippen molar-refractivity contribution >= 4 is 22.1 Å². The normalized spacial score (nSPS) is 11.2. The molecule has 154 valence electrons. The van der Waals surface area contributed by atoms with Crippen molar-refractivity contribution in [2.45, 2.75) is 0 Å². The van der Waals surface area contributed by atoms with Gasteiger partial charge in [-0.1, -0.05) is 0 Å². The Morgan fingerprint density at radius 3 is 2.66 bits per heavy atom. The second-order valence-electron chi connectivity index (χ2n) is 7.28. The minimum Gasteiger partial charge on any atom is -0.457 e. The fourth-order valence-electron chi connectivity index (χ4n) is 3.75. The predicted molar refractivity (Wildman–Crippen MR) is 122 cm³/mol. The standard InChI is InChI=1S/C24H16N6O2/c31-24-19(11-14(13-28-24)17-5-9-26-22-18(17)6-10-27-22)23-29-20-2-1-16(12-21(20)30-23)32-15-3-7-25-8-4-15/h1-13H,(H,26,27)(H,28,31)(H,29,30). The van der Waals surface area contributed by atoms with Crippen molar-refractivity contribution in [2.24, 2.45) is 0 Å². The van der Waals surface area contributed by atoms with Crippen molar-refractivity contribution in [2.75, 3.05) is 0 Å². The van der Waals surface area contributed by atoms with Crippen molar-refractivity contribution in [1.82, 2.24) is 29.9 Å². The summed E-state index contributed by atoms with van der Waals surface area (Å²) in [5, 5.41) is 0.980. The smallest absolute Gasteiger partial charge is 0.259 e. The van der Waals surface area contributed by atoms with Crippen LogP contribution in [0.4, 0.5) is 0 Å². The number of nitrogens with one attached hydrogen (secondary N) is 3. The maximum atomic E-state index is 12.6. The highest BCUT2D eigenvalue weighted by molar-refractivity contribution is 5.93. The summed E-state index contributed by atoms with van der Waals surface area (Å²) in [6.45, 7) is 0. The summed E-state index contributed by atoms with van der Waals surface area (Å²) in [4.78, 5) is 34.8. The van der Waals surface area contributed by atoms with E-state index in [0.717, 1.165) is 33.2 Å². The number of imidazole rings is 1. The van der Waals surface area contributed by atoms with E-state index in [-0.39, 0.29) is 5.56 Å². The molecule has 0 saturated carbocycles. The molecule has 8 nitrogen and oxygen atoms in total. The fourth-order valence-corrected chi connectivity index (χ4v) is 3.75. The quantitative estimate of drug-likeness (QED) is 0.384. The molecule has 0 radical (unpaired) electrons. The molecule has 6 aromatic rings. The minimum atomic E-state index is -0.222. The Hall–Kier alpha value is -4.72. The summed E-state index contributed by atoms with van der Waals surface area (Å²) in [5.74, 6) is 1.84. The molecule has 0 aliphatic rings. The van der Waals surface area contributed by atoms with Crippen LogP contribution in [0, 0.1) is 0 Å². The van der Waals surface area contributed by atoms with Crippen molar-refractivity contribution in [1.29, 1.82) is 0 Å². The van der Waals surface area contributed by atoms with Gasteiger partial charge in [-0.05, 0) is 53.6 Å². The number of ether oxygens (including phenoxy) is 1. The number of nitrogens with zero attached hydrogens (tertiary/aromatic N) is 3. The van der Waals surface area contributed by atoms with E-state index in [1.54, 1.807) is 36.9 Å². The summed E-state index contributed by atoms with van der Waals surface area (Å²) >= 11 is 0. The van der Waals surface area contributed by atoms with E-state index >= 15 is 0 Å². The second-order valence-corrected chi connectivity index (χ2v) is 7.28. The maximum Gasteiger partial charge on any atom is 0.259 e. The SMILES string of the molecule is O=c1[nH]cc(-c2ccnc3[nH]ccc23)cc1-c1nc2ccc(Oc3ccncc3)cc2[nH]1. The van der Waals surface area contributed by atoms with Gasteiger partial charge in [-0.25, -0.2) is 9.97 Å². The van der Waals surface area contributed by atoms with Gasteiger partial charge in [-0.2, -0.15) is 0 Å². The molecule has 0 fully saturated rings. The highest BCUT2D eigenvalue weighted by Gasteiger charge is 2.13. The van der Waals surface area contributed by atoms with Crippen LogP contribution in [0.15, 0.2) is 84.3 Å². The Kier molecular flexibility index (Phi) is 4.07. The fraction of sp³-hybridized carbons (Fsp3) is 0. The van der Waals surface area contributed by atoms with Gasteiger partial charge < -0.3 is 19.7 Å². The molecule has 0 spiro atoms. The van der Waals surface area contributed by atoms with Crippen LogP contribution < -0.4 is 10.3 Å². The van der Waals surface area contributed by atoms with Crippen molar-refractivity contribution in [3.63, 3.8) is 0 Å².